The van der Waals surface area contributed by atoms with Gasteiger partial charge in [-0.3, -0.25) is 19.7 Å². The summed E-state index contributed by atoms with van der Waals surface area (Å²) in [6, 6.07) is 8.53. The minimum atomic E-state index is -0.981. The molecule has 1 atom stereocenters. The lowest BCUT2D eigenvalue weighted by atomic mass is 9.96. The number of pyridine rings is 1. The number of likely N-dealkylation sites (tertiary alicyclic amines) is 1. The van der Waals surface area contributed by atoms with Crippen molar-refractivity contribution in [3.63, 3.8) is 0 Å². The summed E-state index contributed by atoms with van der Waals surface area (Å²) in [5.74, 6) is -2.01. The lowest BCUT2D eigenvalue weighted by molar-refractivity contribution is -0.384. The number of ketones is 1. The maximum atomic E-state index is 13.2. The van der Waals surface area contributed by atoms with Gasteiger partial charge in [0.25, 0.3) is 17.4 Å². The van der Waals surface area contributed by atoms with E-state index in [9.17, 15) is 24.8 Å². The summed E-state index contributed by atoms with van der Waals surface area (Å²) in [5.41, 5.74) is 2.36. The Balaban J connectivity index is 1.94. The number of rotatable bonds is 6. The number of carbonyl (C=O) groups excluding carboxylic acids is 2. The fourth-order valence-electron chi connectivity index (χ4n) is 4.25. The molecule has 176 valence electrons. The normalized spacial score (nSPS) is 17.8. The molecule has 0 radical (unpaired) electrons. The molecule has 0 aliphatic carbocycles. The van der Waals surface area contributed by atoms with Gasteiger partial charge in [-0.25, -0.2) is 4.98 Å². The van der Waals surface area contributed by atoms with E-state index in [-0.39, 0.29) is 23.5 Å². The van der Waals surface area contributed by atoms with E-state index in [2.05, 4.69) is 4.98 Å². The molecule has 3 heterocycles. The van der Waals surface area contributed by atoms with Crippen LogP contribution in [0.5, 0.6) is 0 Å². The number of nitro benzene ring substituents is 1. The molecular weight excluding hydrogens is 438 g/mol. The average molecular weight is 463 g/mol. The van der Waals surface area contributed by atoms with E-state index in [1.54, 1.807) is 23.6 Å². The Labute approximate surface area is 195 Å². The number of aliphatic hydroxyl groups is 1. The molecule has 1 unspecified atom stereocenters. The standard InChI is InChI=1S/C24H25N5O5/c1-14-7-6-10-27-15(2)19(25-23(14)27)21(30)18-20(16-8-5-9-17(13-16)29(33)34)28(12-11-26(3)4)24(32)22(18)31/h5-10,13,20,30H,11-12H2,1-4H3. The van der Waals surface area contributed by atoms with Gasteiger partial charge in [-0.15, -0.1) is 0 Å². The summed E-state index contributed by atoms with van der Waals surface area (Å²) < 4.78 is 1.80. The predicted octanol–water partition coefficient (Wildman–Crippen LogP) is 2.84. The van der Waals surface area contributed by atoms with Gasteiger partial charge in [0.2, 0.25) is 0 Å². The summed E-state index contributed by atoms with van der Waals surface area (Å²) >= 11 is 0. The first-order valence-corrected chi connectivity index (χ1v) is 10.7. The molecule has 10 heteroatoms. The molecule has 0 saturated carbocycles. The van der Waals surface area contributed by atoms with E-state index >= 15 is 0 Å². The van der Waals surface area contributed by atoms with Crippen LogP contribution < -0.4 is 0 Å². The number of aryl methyl sites for hydroxylation is 2. The van der Waals surface area contributed by atoms with Crippen molar-refractivity contribution in [1.82, 2.24) is 19.2 Å². The highest BCUT2D eigenvalue weighted by atomic mass is 16.6. The Kier molecular flexibility index (Phi) is 5.92. The first-order chi connectivity index (χ1) is 16.1. The third kappa shape index (κ3) is 3.81. The van der Waals surface area contributed by atoms with Crippen LogP contribution in [0, 0.1) is 24.0 Å². The van der Waals surface area contributed by atoms with Gasteiger partial charge < -0.3 is 19.3 Å². The zero-order valence-corrected chi connectivity index (χ0v) is 19.3. The maximum absolute atomic E-state index is 13.2. The third-order valence-corrected chi connectivity index (χ3v) is 6.03. The van der Waals surface area contributed by atoms with Crippen molar-refractivity contribution in [3.8, 4) is 0 Å². The quantitative estimate of drug-likeness (QED) is 0.196. The molecule has 2 aromatic heterocycles. The van der Waals surface area contributed by atoms with Gasteiger partial charge in [0.05, 0.1) is 22.2 Å². The second-order valence-corrected chi connectivity index (χ2v) is 8.58. The third-order valence-electron chi connectivity index (χ3n) is 6.03. The molecule has 3 aromatic rings. The molecule has 1 fully saturated rings. The molecule has 4 rings (SSSR count). The lowest BCUT2D eigenvalue weighted by Gasteiger charge is -2.26. The Hall–Kier alpha value is -4.05. The zero-order valence-electron chi connectivity index (χ0n) is 19.3. The summed E-state index contributed by atoms with van der Waals surface area (Å²) in [6.07, 6.45) is 1.80. The number of nitrogens with zero attached hydrogens (tertiary/aromatic N) is 5. The highest BCUT2D eigenvalue weighted by Crippen LogP contribution is 2.40. The monoisotopic (exact) mass is 463 g/mol. The minimum absolute atomic E-state index is 0.131. The van der Waals surface area contributed by atoms with E-state index in [0.29, 0.717) is 23.4 Å². The molecule has 1 saturated heterocycles. The number of imidazole rings is 1. The van der Waals surface area contributed by atoms with Crippen molar-refractivity contribution in [2.45, 2.75) is 19.9 Å². The largest absolute Gasteiger partial charge is 0.505 e. The first kappa shape index (κ1) is 23.1. The maximum Gasteiger partial charge on any atom is 0.295 e. The highest BCUT2D eigenvalue weighted by Gasteiger charge is 2.46. The number of nitro groups is 1. The second kappa shape index (κ2) is 8.71. The second-order valence-electron chi connectivity index (χ2n) is 8.58. The van der Waals surface area contributed by atoms with Crippen LogP contribution >= 0.6 is 0 Å². The van der Waals surface area contributed by atoms with Crippen molar-refractivity contribution in [2.75, 3.05) is 27.2 Å². The number of non-ortho nitro benzene ring substituents is 1. The van der Waals surface area contributed by atoms with Gasteiger partial charge in [0, 0.05) is 31.4 Å². The van der Waals surface area contributed by atoms with Crippen LogP contribution in [0.15, 0.2) is 48.2 Å². The van der Waals surface area contributed by atoms with Crippen LogP contribution in [0.25, 0.3) is 11.4 Å². The van der Waals surface area contributed by atoms with Gasteiger partial charge in [0.1, 0.15) is 11.3 Å². The molecule has 1 amide bonds. The lowest BCUT2D eigenvalue weighted by Crippen LogP contribution is -2.35. The molecule has 1 aromatic carbocycles. The van der Waals surface area contributed by atoms with Crippen molar-refractivity contribution in [1.29, 1.82) is 0 Å². The van der Waals surface area contributed by atoms with E-state index < -0.39 is 28.4 Å². The number of aromatic nitrogens is 2. The molecule has 10 nitrogen and oxygen atoms in total. The number of amides is 1. The summed E-state index contributed by atoms with van der Waals surface area (Å²) in [6.45, 7) is 4.31. The summed E-state index contributed by atoms with van der Waals surface area (Å²) in [5, 5.41) is 22.7. The highest BCUT2D eigenvalue weighted by molar-refractivity contribution is 6.46. The van der Waals surface area contributed by atoms with Gasteiger partial charge in [0.15, 0.2) is 5.76 Å². The van der Waals surface area contributed by atoms with Gasteiger partial charge in [-0.2, -0.15) is 0 Å². The SMILES string of the molecule is Cc1cccn2c(C)c(C(O)=C3C(=O)C(=O)N(CCN(C)C)C3c3cccc([N+](=O)[O-])c3)nc12. The fourth-order valence-corrected chi connectivity index (χ4v) is 4.25. The van der Waals surface area contributed by atoms with Crippen LogP contribution in [0.1, 0.15) is 28.6 Å². The van der Waals surface area contributed by atoms with Crippen molar-refractivity contribution in [2.24, 2.45) is 0 Å². The minimum Gasteiger partial charge on any atom is -0.505 e. The molecule has 1 aliphatic heterocycles. The molecule has 0 bridgehead atoms. The summed E-state index contributed by atoms with van der Waals surface area (Å²) in [4.78, 5) is 44.8. The molecule has 1 N–H and O–H groups in total. The van der Waals surface area contributed by atoms with Crippen LogP contribution in [0.4, 0.5) is 5.69 Å². The van der Waals surface area contributed by atoms with E-state index in [4.69, 9.17) is 0 Å². The number of hydrogen-bond donors (Lipinski definition) is 1. The number of hydrogen-bond acceptors (Lipinski definition) is 7. The molecule has 0 spiro atoms. The molecule has 34 heavy (non-hydrogen) atoms. The smallest absolute Gasteiger partial charge is 0.295 e. The Bertz CT molecular complexity index is 1360. The van der Waals surface area contributed by atoms with Crippen molar-refractivity contribution >= 4 is 28.8 Å². The van der Waals surface area contributed by atoms with Crippen LogP contribution in [0.3, 0.4) is 0 Å². The van der Waals surface area contributed by atoms with E-state index in [0.717, 1.165) is 5.56 Å². The van der Waals surface area contributed by atoms with Crippen LogP contribution in [-0.2, 0) is 9.59 Å². The van der Waals surface area contributed by atoms with E-state index in [1.165, 1.54) is 23.1 Å². The van der Waals surface area contributed by atoms with Gasteiger partial charge >= 0.3 is 0 Å². The number of carbonyl (C=O) groups is 2. The Morgan fingerprint density at radius 1 is 1.21 bits per heavy atom. The molecule has 1 aliphatic rings. The van der Waals surface area contributed by atoms with Crippen molar-refractivity contribution < 1.29 is 19.6 Å². The van der Waals surface area contributed by atoms with Gasteiger partial charge in [-0.1, -0.05) is 18.2 Å². The number of aliphatic hydroxyl groups excluding tert-OH is 1. The van der Waals surface area contributed by atoms with E-state index in [1.807, 2.05) is 38.1 Å². The first-order valence-electron chi connectivity index (χ1n) is 10.7. The number of fused-ring (bicyclic) bond motifs is 1. The topological polar surface area (TPSA) is 121 Å². The number of Topliss-reactive ketones (excluding diaryl/α,β-unsaturated/α-hetero) is 1. The number of benzene rings is 1. The fraction of sp³-hybridized carbons (Fsp3) is 0.292. The number of likely N-dealkylation sites (N-methyl/N-ethyl adjacent to an activating group) is 1. The Morgan fingerprint density at radius 2 is 1.94 bits per heavy atom. The van der Waals surface area contributed by atoms with Crippen LogP contribution in [-0.4, -0.2) is 68.1 Å². The molecular formula is C24H25N5O5. The average Bonchev–Trinajstić information content (AvgIpc) is 3.27. The summed E-state index contributed by atoms with van der Waals surface area (Å²) in [7, 11) is 3.67. The predicted molar refractivity (Wildman–Crippen MR) is 125 cm³/mol. The van der Waals surface area contributed by atoms with Crippen LogP contribution in [0.2, 0.25) is 0 Å². The Morgan fingerprint density at radius 3 is 2.59 bits per heavy atom. The van der Waals surface area contributed by atoms with Gasteiger partial charge in [-0.05, 0) is 45.1 Å². The van der Waals surface area contributed by atoms with Crippen molar-refractivity contribution in [3.05, 3.63) is 80.8 Å². The zero-order chi connectivity index (χ0) is 24.7.